The van der Waals surface area contributed by atoms with Gasteiger partial charge in [0.15, 0.2) is 0 Å². The summed E-state index contributed by atoms with van der Waals surface area (Å²) < 4.78 is 11.5. The molecule has 2 fully saturated rings. The second kappa shape index (κ2) is 14.7. The van der Waals surface area contributed by atoms with Gasteiger partial charge in [-0.15, -0.1) is 0 Å². The third-order valence-electron chi connectivity index (χ3n) is 19.1. The fourth-order valence-corrected chi connectivity index (χ4v) is 15.0. The maximum absolute atomic E-state index is 5.74. The van der Waals surface area contributed by atoms with Gasteiger partial charge in [-0.05, 0) is 177 Å². The van der Waals surface area contributed by atoms with Gasteiger partial charge in [0.2, 0.25) is 0 Å². The Hall–Kier alpha value is -6.52. The Balaban J connectivity index is 0.914. The molecule has 2 aliphatic heterocycles. The molecule has 0 aromatic heterocycles. The van der Waals surface area contributed by atoms with Crippen molar-refractivity contribution >= 4 is 44.3 Å². The monoisotopic (exact) mass is 904 g/mol. The summed E-state index contributed by atoms with van der Waals surface area (Å²) in [6.07, 6.45) is 9.69. The highest BCUT2D eigenvalue weighted by molar-refractivity contribution is 6.19. The van der Waals surface area contributed by atoms with E-state index < -0.39 is 0 Å². The summed E-state index contributed by atoms with van der Waals surface area (Å²) >= 11 is 0. The molecular weight excluding hydrogens is 841 g/mol. The molecule has 5 aliphatic rings. The zero-order valence-electron chi connectivity index (χ0n) is 41.7. The first kappa shape index (κ1) is 42.6. The van der Waals surface area contributed by atoms with Gasteiger partial charge in [-0.1, -0.05) is 126 Å². The standard InChI is InChI=1S/C65H64N2O2/c1-61(2)54-36-42(44-26-30-58-56(38-44)63(4)32-12-14-34-65(63,6)67(58)46-18-16-20-48(40-46)69-8)24-28-52(54)59-50-22-10-9-21-49(50)53-35-41(23-27-51(53)60(59)61)43-25-29-57-55(37-43)62(3)31-11-13-33-64(62,5)66(57)45-17-15-19-47(39-45)68-7/h9-10,15-30,35-40H,11-14,31-34H2,1-8H3. The van der Waals surface area contributed by atoms with Gasteiger partial charge in [0, 0.05) is 51.1 Å². The van der Waals surface area contributed by atoms with E-state index in [1.807, 2.05) is 0 Å². The van der Waals surface area contributed by atoms with Gasteiger partial charge in [-0.25, -0.2) is 0 Å². The molecule has 4 heteroatoms. The maximum atomic E-state index is 5.74. The zero-order chi connectivity index (χ0) is 47.2. The van der Waals surface area contributed by atoms with E-state index in [-0.39, 0.29) is 27.3 Å². The lowest BCUT2D eigenvalue weighted by Crippen LogP contribution is -2.54. The van der Waals surface area contributed by atoms with E-state index in [2.05, 4.69) is 197 Å². The molecule has 8 aromatic rings. The van der Waals surface area contributed by atoms with Gasteiger partial charge in [0.1, 0.15) is 11.5 Å². The number of benzene rings is 8. The lowest BCUT2D eigenvalue weighted by Gasteiger charge is -2.50. The van der Waals surface area contributed by atoms with Gasteiger partial charge in [0.25, 0.3) is 0 Å². The Morgan fingerprint density at radius 3 is 1.43 bits per heavy atom. The zero-order valence-corrected chi connectivity index (χ0v) is 41.7. The molecule has 3 aliphatic carbocycles. The number of nitrogens with zero attached hydrogens (tertiary/aromatic N) is 2. The summed E-state index contributed by atoms with van der Waals surface area (Å²) in [6.45, 7) is 15.0. The summed E-state index contributed by atoms with van der Waals surface area (Å²) in [4.78, 5) is 5.29. The molecule has 0 amide bonds. The lowest BCUT2D eigenvalue weighted by atomic mass is 9.61. The van der Waals surface area contributed by atoms with Crippen molar-refractivity contribution in [3.8, 4) is 44.9 Å². The third kappa shape index (κ3) is 5.63. The fourth-order valence-electron chi connectivity index (χ4n) is 15.0. The predicted molar refractivity (Wildman–Crippen MR) is 289 cm³/mol. The number of anilines is 4. The summed E-state index contributed by atoms with van der Waals surface area (Å²) in [5.74, 6) is 1.80. The van der Waals surface area contributed by atoms with E-state index in [0.717, 1.165) is 24.3 Å². The number of rotatable bonds is 6. The van der Waals surface area contributed by atoms with Crippen LogP contribution in [0.1, 0.15) is 115 Å². The third-order valence-corrected chi connectivity index (χ3v) is 19.1. The van der Waals surface area contributed by atoms with Crippen LogP contribution in [-0.2, 0) is 16.2 Å². The number of fused-ring (bicyclic) bond motifs is 14. The van der Waals surface area contributed by atoms with Gasteiger partial charge < -0.3 is 19.3 Å². The lowest BCUT2D eigenvalue weighted by molar-refractivity contribution is 0.195. The Morgan fingerprint density at radius 1 is 0.406 bits per heavy atom. The Kier molecular flexibility index (Phi) is 9.10. The number of hydrogen-bond acceptors (Lipinski definition) is 4. The number of methoxy groups -OCH3 is 2. The van der Waals surface area contributed by atoms with Crippen molar-refractivity contribution in [2.75, 3.05) is 24.0 Å². The summed E-state index contributed by atoms with van der Waals surface area (Å²) in [6, 6.07) is 55.9. The second-order valence-electron chi connectivity index (χ2n) is 22.6. The first-order chi connectivity index (χ1) is 33.3. The molecule has 4 nitrogen and oxygen atoms in total. The minimum atomic E-state index is -0.213. The average molecular weight is 905 g/mol. The van der Waals surface area contributed by atoms with Crippen molar-refractivity contribution in [2.45, 2.75) is 120 Å². The van der Waals surface area contributed by atoms with E-state index in [1.165, 1.54) is 138 Å². The van der Waals surface area contributed by atoms with Crippen LogP contribution in [0.15, 0.2) is 146 Å². The van der Waals surface area contributed by atoms with Gasteiger partial charge in [0.05, 0.1) is 25.3 Å². The van der Waals surface area contributed by atoms with Crippen LogP contribution < -0.4 is 19.3 Å². The molecule has 0 N–H and O–H groups in total. The van der Waals surface area contributed by atoms with Crippen molar-refractivity contribution in [2.24, 2.45) is 0 Å². The number of hydrogen-bond donors (Lipinski definition) is 0. The van der Waals surface area contributed by atoms with Gasteiger partial charge in [-0.3, -0.25) is 0 Å². The average Bonchev–Trinajstić information content (AvgIpc) is 3.84. The Labute approximate surface area is 408 Å². The summed E-state index contributed by atoms with van der Waals surface area (Å²) in [5.41, 5.74) is 18.6. The highest BCUT2D eigenvalue weighted by Gasteiger charge is 2.59. The molecule has 69 heavy (non-hydrogen) atoms. The predicted octanol–water partition coefficient (Wildman–Crippen LogP) is 17.1. The molecule has 2 heterocycles. The van der Waals surface area contributed by atoms with E-state index in [0.29, 0.717) is 0 Å². The van der Waals surface area contributed by atoms with Crippen molar-refractivity contribution in [3.05, 3.63) is 168 Å². The van der Waals surface area contributed by atoms with Crippen LogP contribution in [0, 0.1) is 0 Å². The normalized spacial score (nSPS) is 24.9. The molecule has 0 radical (unpaired) electrons. The van der Waals surface area contributed by atoms with Crippen LogP contribution >= 0.6 is 0 Å². The van der Waals surface area contributed by atoms with Crippen molar-refractivity contribution in [3.63, 3.8) is 0 Å². The van der Waals surface area contributed by atoms with E-state index in [9.17, 15) is 0 Å². The Bertz CT molecular complexity index is 3460. The Morgan fingerprint density at radius 2 is 0.884 bits per heavy atom. The van der Waals surface area contributed by atoms with Crippen LogP contribution in [0.5, 0.6) is 11.5 Å². The first-order valence-electron chi connectivity index (χ1n) is 25.7. The van der Waals surface area contributed by atoms with E-state index in [4.69, 9.17) is 9.47 Å². The summed E-state index contributed by atoms with van der Waals surface area (Å²) in [5, 5.41) is 5.34. The minimum Gasteiger partial charge on any atom is -0.497 e. The molecule has 0 spiro atoms. The molecule has 8 aromatic carbocycles. The highest BCUT2D eigenvalue weighted by atomic mass is 16.5. The molecule has 0 bridgehead atoms. The topological polar surface area (TPSA) is 24.9 Å². The molecule has 346 valence electrons. The molecule has 13 rings (SSSR count). The van der Waals surface area contributed by atoms with Crippen LogP contribution in [0.2, 0.25) is 0 Å². The first-order valence-corrected chi connectivity index (χ1v) is 25.7. The van der Waals surface area contributed by atoms with Crippen molar-refractivity contribution in [1.82, 2.24) is 0 Å². The molecular formula is C65H64N2O2. The summed E-state index contributed by atoms with van der Waals surface area (Å²) in [7, 11) is 3.54. The van der Waals surface area contributed by atoms with E-state index >= 15 is 0 Å². The van der Waals surface area contributed by atoms with Gasteiger partial charge in [-0.2, -0.15) is 0 Å². The van der Waals surface area contributed by atoms with E-state index in [1.54, 1.807) is 14.2 Å². The minimum absolute atomic E-state index is 0.0179. The molecule has 4 atom stereocenters. The van der Waals surface area contributed by atoms with Crippen LogP contribution in [0.4, 0.5) is 22.7 Å². The molecule has 0 saturated heterocycles. The second-order valence-corrected chi connectivity index (χ2v) is 22.6. The molecule has 2 saturated carbocycles. The fraction of sp³-hybridized carbons (Fsp3) is 0.323. The van der Waals surface area contributed by atoms with Crippen LogP contribution in [0.25, 0.3) is 54.9 Å². The smallest absolute Gasteiger partial charge is 0.120 e. The quantitative estimate of drug-likeness (QED) is 0.155. The SMILES string of the molecule is COc1cccc(N2c3ccc(-c4ccc5c(c4)C(C)(C)c4c-5c5ccccc5c5cc(-c6ccc7c(c6)C6(C)CCCCC6(C)N7c6cccc(OC)c6)ccc45)cc3C3(C)CCCCC23C)c1. The number of ether oxygens (including phenoxy) is 2. The van der Waals surface area contributed by atoms with Crippen molar-refractivity contribution < 1.29 is 9.47 Å². The van der Waals surface area contributed by atoms with Gasteiger partial charge >= 0.3 is 0 Å². The van der Waals surface area contributed by atoms with Crippen molar-refractivity contribution in [1.29, 1.82) is 0 Å². The largest absolute Gasteiger partial charge is 0.497 e. The highest BCUT2D eigenvalue weighted by Crippen LogP contribution is 2.64. The maximum Gasteiger partial charge on any atom is 0.120 e. The van der Waals surface area contributed by atoms with Crippen LogP contribution in [0.3, 0.4) is 0 Å². The van der Waals surface area contributed by atoms with Crippen LogP contribution in [-0.4, -0.2) is 25.3 Å². The molecule has 4 unspecified atom stereocenters.